The molecule has 0 aliphatic carbocycles. The first-order chi connectivity index (χ1) is 3.34. The van der Waals surface area contributed by atoms with E-state index in [9.17, 15) is 0 Å². The molecule has 0 bridgehead atoms. The van der Waals surface area contributed by atoms with Crippen LogP contribution in [0.4, 0.5) is 0 Å². The summed E-state index contributed by atoms with van der Waals surface area (Å²) in [6, 6.07) is 0.730. The Hall–Kier alpha value is 0.310. The summed E-state index contributed by atoms with van der Waals surface area (Å²) in [7, 11) is 0. The van der Waals surface area contributed by atoms with E-state index in [1.807, 2.05) is 0 Å². The van der Waals surface area contributed by atoms with E-state index in [1.54, 1.807) is 0 Å². The van der Waals surface area contributed by atoms with Crippen molar-refractivity contribution >= 4 is 12.6 Å². The van der Waals surface area contributed by atoms with Crippen molar-refractivity contribution < 1.29 is 0 Å². The molecule has 1 aliphatic rings. The van der Waals surface area contributed by atoms with Gasteiger partial charge in [0.15, 0.2) is 0 Å². The fraction of sp³-hybridized carbons (Fsp3) is 1.00. The van der Waals surface area contributed by atoms with Crippen LogP contribution in [-0.2, 0) is 0 Å². The van der Waals surface area contributed by atoms with Crippen molar-refractivity contribution in [3.63, 3.8) is 0 Å². The van der Waals surface area contributed by atoms with Crippen LogP contribution in [0, 0.1) is 0 Å². The molecule has 42 valence electrons. The maximum atomic E-state index is 4.20. The molecule has 0 radical (unpaired) electrons. The first-order valence-electron chi connectivity index (χ1n) is 2.78. The van der Waals surface area contributed by atoms with Crippen LogP contribution in [0.2, 0.25) is 0 Å². The molecule has 7 heavy (non-hydrogen) atoms. The van der Waals surface area contributed by atoms with Gasteiger partial charge in [0.2, 0.25) is 0 Å². The molecule has 1 saturated heterocycles. The summed E-state index contributed by atoms with van der Waals surface area (Å²) in [5, 5.41) is 3.71. The Kier molecular flexibility index (Phi) is 1.60. The average molecular weight is 117 g/mol. The van der Waals surface area contributed by atoms with Crippen molar-refractivity contribution in [2.45, 2.75) is 31.2 Å². The van der Waals surface area contributed by atoms with E-state index in [1.165, 1.54) is 12.8 Å². The maximum absolute atomic E-state index is 4.20. The predicted octanol–water partition coefficient (Wildman–Crippen LogP) is 1.01. The lowest BCUT2D eigenvalue weighted by molar-refractivity contribution is 0.776. The van der Waals surface area contributed by atoms with Gasteiger partial charge in [-0.2, -0.15) is 12.6 Å². The summed E-state index contributed by atoms with van der Waals surface area (Å²) in [5.74, 6) is 0. The second-order valence-corrected chi connectivity index (χ2v) is 2.56. The molecule has 1 heterocycles. The summed E-state index contributed by atoms with van der Waals surface area (Å²) in [4.78, 5) is 0. The minimum absolute atomic E-state index is 0.514. The second kappa shape index (κ2) is 2.05. The molecule has 0 spiro atoms. The van der Waals surface area contributed by atoms with Crippen molar-refractivity contribution in [1.29, 1.82) is 0 Å². The Morgan fingerprint density at radius 1 is 1.71 bits per heavy atom. The van der Waals surface area contributed by atoms with E-state index in [4.69, 9.17) is 0 Å². The largest absolute Gasteiger partial charge is 0.299 e. The van der Waals surface area contributed by atoms with E-state index >= 15 is 0 Å². The third-order valence-corrected chi connectivity index (χ3v) is 1.77. The zero-order chi connectivity index (χ0) is 5.28. The molecule has 1 N–H and O–H groups in total. The zero-order valence-electron chi connectivity index (χ0n) is 4.52. The highest BCUT2D eigenvalue weighted by Crippen LogP contribution is 2.18. The number of hydrogen-bond acceptors (Lipinski definition) is 2. The van der Waals surface area contributed by atoms with Gasteiger partial charge >= 0.3 is 0 Å². The third kappa shape index (κ3) is 1.35. The van der Waals surface area contributed by atoms with Crippen LogP contribution in [-0.4, -0.2) is 11.4 Å². The van der Waals surface area contributed by atoms with Gasteiger partial charge in [0.1, 0.15) is 0 Å². The van der Waals surface area contributed by atoms with Crippen LogP contribution < -0.4 is 5.32 Å². The van der Waals surface area contributed by atoms with Crippen LogP contribution >= 0.6 is 12.6 Å². The number of thiol groups is 1. The van der Waals surface area contributed by atoms with Gasteiger partial charge < -0.3 is 0 Å². The molecule has 0 amide bonds. The van der Waals surface area contributed by atoms with Gasteiger partial charge in [-0.15, -0.1) is 0 Å². The van der Waals surface area contributed by atoms with E-state index in [0.29, 0.717) is 5.37 Å². The van der Waals surface area contributed by atoms with Crippen molar-refractivity contribution in [3.8, 4) is 0 Å². The van der Waals surface area contributed by atoms with Crippen molar-refractivity contribution in [2.24, 2.45) is 0 Å². The summed E-state index contributed by atoms with van der Waals surface area (Å²) >= 11 is 4.20. The molecule has 1 rings (SSSR count). The number of rotatable bonds is 2. The molecule has 0 aromatic heterocycles. The lowest BCUT2D eigenvalue weighted by atomic mass is 10.3. The molecule has 0 aromatic carbocycles. The van der Waals surface area contributed by atoms with Crippen LogP contribution in [0.25, 0.3) is 0 Å². The highest BCUT2D eigenvalue weighted by atomic mass is 32.1. The zero-order valence-corrected chi connectivity index (χ0v) is 5.41. The highest BCUT2D eigenvalue weighted by molar-refractivity contribution is 7.81. The van der Waals surface area contributed by atoms with Gasteiger partial charge in [0, 0.05) is 6.04 Å². The van der Waals surface area contributed by atoms with Crippen LogP contribution in [0.3, 0.4) is 0 Å². The monoisotopic (exact) mass is 117 g/mol. The SMILES string of the molecule is CCCC1NC1S. The minimum Gasteiger partial charge on any atom is -0.299 e. The first kappa shape index (κ1) is 5.45. The Morgan fingerprint density at radius 3 is 2.43 bits per heavy atom. The molecule has 2 unspecified atom stereocenters. The van der Waals surface area contributed by atoms with Gasteiger partial charge in [-0.05, 0) is 6.42 Å². The second-order valence-electron chi connectivity index (χ2n) is 2.01. The summed E-state index contributed by atoms with van der Waals surface area (Å²) in [6.45, 7) is 2.19. The van der Waals surface area contributed by atoms with Crippen LogP contribution in [0.15, 0.2) is 0 Å². The summed E-state index contributed by atoms with van der Waals surface area (Å²) in [5.41, 5.74) is 0. The lowest BCUT2D eigenvalue weighted by Crippen LogP contribution is -1.86. The average Bonchev–Trinajstić information content (AvgIpc) is 2.22. The van der Waals surface area contributed by atoms with Gasteiger partial charge in [-0.25, -0.2) is 0 Å². The molecular weight excluding hydrogens is 106 g/mol. The van der Waals surface area contributed by atoms with Gasteiger partial charge in [0.05, 0.1) is 5.37 Å². The van der Waals surface area contributed by atoms with E-state index in [0.717, 1.165) is 6.04 Å². The molecule has 0 saturated carbocycles. The van der Waals surface area contributed by atoms with Gasteiger partial charge in [-0.1, -0.05) is 13.3 Å². The maximum Gasteiger partial charge on any atom is 0.0661 e. The Balaban J connectivity index is 1.98. The Labute approximate surface area is 49.9 Å². The highest BCUT2D eigenvalue weighted by Gasteiger charge is 2.30. The smallest absolute Gasteiger partial charge is 0.0661 e. The number of nitrogens with one attached hydrogen (secondary N) is 1. The predicted molar refractivity (Wildman–Crippen MR) is 34.6 cm³/mol. The molecule has 2 atom stereocenters. The van der Waals surface area contributed by atoms with Gasteiger partial charge in [0.25, 0.3) is 0 Å². The topological polar surface area (TPSA) is 21.9 Å². The third-order valence-electron chi connectivity index (χ3n) is 1.26. The van der Waals surface area contributed by atoms with Crippen molar-refractivity contribution in [2.75, 3.05) is 0 Å². The van der Waals surface area contributed by atoms with Crippen LogP contribution in [0.5, 0.6) is 0 Å². The van der Waals surface area contributed by atoms with E-state index in [2.05, 4.69) is 24.9 Å². The molecule has 1 nitrogen and oxygen atoms in total. The standard InChI is InChI=1S/C5H11NS/c1-2-3-4-5(7)6-4/h4-7H,2-3H2,1H3. The van der Waals surface area contributed by atoms with Crippen molar-refractivity contribution in [3.05, 3.63) is 0 Å². The molecular formula is C5H11NS. The summed E-state index contributed by atoms with van der Waals surface area (Å²) in [6.07, 6.45) is 2.56. The molecule has 0 aromatic rings. The Morgan fingerprint density at radius 2 is 2.29 bits per heavy atom. The summed E-state index contributed by atoms with van der Waals surface area (Å²) < 4.78 is 0. The lowest BCUT2D eigenvalue weighted by Gasteiger charge is -1.83. The van der Waals surface area contributed by atoms with E-state index < -0.39 is 0 Å². The number of hydrogen-bond donors (Lipinski definition) is 2. The fourth-order valence-corrected chi connectivity index (χ4v) is 1.06. The van der Waals surface area contributed by atoms with Crippen molar-refractivity contribution in [1.82, 2.24) is 5.32 Å². The Bertz CT molecular complexity index is 65.1. The first-order valence-corrected chi connectivity index (χ1v) is 3.30. The van der Waals surface area contributed by atoms with Gasteiger partial charge in [-0.3, -0.25) is 5.32 Å². The van der Waals surface area contributed by atoms with E-state index in [-0.39, 0.29) is 0 Å². The van der Waals surface area contributed by atoms with Crippen LogP contribution in [0.1, 0.15) is 19.8 Å². The fourth-order valence-electron chi connectivity index (χ4n) is 0.716. The molecule has 1 fully saturated rings. The molecule has 2 heteroatoms. The quantitative estimate of drug-likeness (QED) is 0.409. The normalized spacial score (nSPS) is 38.6. The molecule has 1 aliphatic heterocycles. The minimum atomic E-state index is 0.514.